The van der Waals surface area contributed by atoms with E-state index in [-0.39, 0.29) is 0 Å². The van der Waals surface area contributed by atoms with Crippen LogP contribution < -0.4 is 5.32 Å². The molecule has 106 valence electrons. The fourth-order valence-electron chi connectivity index (χ4n) is 1.97. The molecule has 0 saturated heterocycles. The summed E-state index contributed by atoms with van der Waals surface area (Å²) >= 11 is 0. The summed E-state index contributed by atoms with van der Waals surface area (Å²) in [6.45, 7) is 4.49. The van der Waals surface area contributed by atoms with E-state index >= 15 is 0 Å². The van der Waals surface area contributed by atoms with Gasteiger partial charge in [0.25, 0.3) is 0 Å². The van der Waals surface area contributed by atoms with Crippen molar-refractivity contribution in [2.75, 3.05) is 6.54 Å². The highest BCUT2D eigenvalue weighted by atomic mass is 16.4. The van der Waals surface area contributed by atoms with Crippen LogP contribution in [0.1, 0.15) is 28.8 Å². The first-order chi connectivity index (χ1) is 9.58. The molecule has 0 aliphatic carbocycles. The van der Waals surface area contributed by atoms with Crippen LogP contribution in [0.15, 0.2) is 34.7 Å². The summed E-state index contributed by atoms with van der Waals surface area (Å²) < 4.78 is 5.44. The lowest BCUT2D eigenvalue weighted by Crippen LogP contribution is -2.26. The third-order valence-electron chi connectivity index (χ3n) is 3.20. The number of benzene rings is 1. The van der Waals surface area contributed by atoms with Crippen LogP contribution in [0.25, 0.3) is 0 Å². The predicted octanol–water partition coefficient (Wildman–Crippen LogP) is 2.25. The molecule has 1 aromatic heterocycles. The van der Waals surface area contributed by atoms with Gasteiger partial charge < -0.3 is 14.8 Å². The molecule has 2 rings (SSSR count). The summed E-state index contributed by atoms with van der Waals surface area (Å²) in [6.07, 6.45) is 0. The number of oxazole rings is 1. The molecular weight excluding hydrogens is 256 g/mol. The number of nitrogens with zero attached hydrogens (tertiary/aromatic N) is 1. The zero-order valence-corrected chi connectivity index (χ0v) is 11.6. The average Bonchev–Trinajstić information content (AvgIpc) is 2.74. The van der Waals surface area contributed by atoms with Crippen LogP contribution in [0.2, 0.25) is 0 Å². The molecule has 1 aromatic carbocycles. The quantitative estimate of drug-likeness (QED) is 0.845. The molecule has 0 saturated carbocycles. The Bertz CT molecular complexity index is 559. The lowest BCUT2D eigenvalue weighted by atomic mass is 9.99. The SMILES string of the molecule is Cc1nc(CNCC(C(=O)O)c2ccccc2)oc1C. The second-order valence-corrected chi connectivity index (χ2v) is 4.68. The predicted molar refractivity (Wildman–Crippen MR) is 74.5 cm³/mol. The fourth-order valence-corrected chi connectivity index (χ4v) is 1.97. The largest absolute Gasteiger partial charge is 0.481 e. The maximum absolute atomic E-state index is 11.3. The van der Waals surface area contributed by atoms with E-state index in [1.165, 1.54) is 0 Å². The molecule has 0 spiro atoms. The summed E-state index contributed by atoms with van der Waals surface area (Å²) in [6, 6.07) is 9.19. The number of carboxylic acid groups (broad SMARTS) is 1. The third-order valence-corrected chi connectivity index (χ3v) is 3.20. The molecule has 1 atom stereocenters. The van der Waals surface area contributed by atoms with Gasteiger partial charge in [-0.2, -0.15) is 0 Å². The van der Waals surface area contributed by atoms with Gasteiger partial charge in [-0.1, -0.05) is 30.3 Å². The van der Waals surface area contributed by atoms with Crippen molar-refractivity contribution in [3.8, 4) is 0 Å². The van der Waals surface area contributed by atoms with Gasteiger partial charge in [0.15, 0.2) is 0 Å². The van der Waals surface area contributed by atoms with Crippen molar-refractivity contribution in [1.82, 2.24) is 10.3 Å². The Kier molecular flexibility index (Phi) is 4.53. The Hall–Kier alpha value is -2.14. The van der Waals surface area contributed by atoms with Crippen LogP contribution in [0, 0.1) is 13.8 Å². The van der Waals surface area contributed by atoms with E-state index in [0.717, 1.165) is 17.0 Å². The van der Waals surface area contributed by atoms with E-state index in [4.69, 9.17) is 4.42 Å². The molecule has 2 N–H and O–H groups in total. The van der Waals surface area contributed by atoms with E-state index in [0.29, 0.717) is 19.0 Å². The molecule has 5 heteroatoms. The first kappa shape index (κ1) is 14.3. The topological polar surface area (TPSA) is 75.4 Å². The summed E-state index contributed by atoms with van der Waals surface area (Å²) in [5.74, 6) is -0.0475. The van der Waals surface area contributed by atoms with Gasteiger partial charge in [-0.3, -0.25) is 4.79 Å². The van der Waals surface area contributed by atoms with Crippen LogP contribution in [-0.2, 0) is 11.3 Å². The first-order valence-corrected chi connectivity index (χ1v) is 6.49. The second-order valence-electron chi connectivity index (χ2n) is 4.68. The maximum Gasteiger partial charge on any atom is 0.312 e. The van der Waals surface area contributed by atoms with Crippen molar-refractivity contribution in [3.63, 3.8) is 0 Å². The molecule has 1 heterocycles. The lowest BCUT2D eigenvalue weighted by molar-refractivity contribution is -0.138. The van der Waals surface area contributed by atoms with Crippen molar-refractivity contribution in [2.24, 2.45) is 0 Å². The molecule has 0 bridgehead atoms. The van der Waals surface area contributed by atoms with E-state index in [1.54, 1.807) is 0 Å². The summed E-state index contributed by atoms with van der Waals surface area (Å²) in [4.78, 5) is 15.6. The Morgan fingerprint density at radius 2 is 2.05 bits per heavy atom. The normalized spacial score (nSPS) is 12.3. The van der Waals surface area contributed by atoms with Crippen LogP contribution >= 0.6 is 0 Å². The number of carboxylic acids is 1. The minimum absolute atomic E-state index is 0.333. The Labute approximate surface area is 117 Å². The summed E-state index contributed by atoms with van der Waals surface area (Å²) in [7, 11) is 0. The molecule has 20 heavy (non-hydrogen) atoms. The van der Waals surface area contributed by atoms with Crippen molar-refractivity contribution >= 4 is 5.97 Å². The highest BCUT2D eigenvalue weighted by Crippen LogP contribution is 2.15. The minimum Gasteiger partial charge on any atom is -0.481 e. The fraction of sp³-hybridized carbons (Fsp3) is 0.333. The second kappa shape index (κ2) is 6.34. The molecule has 5 nitrogen and oxygen atoms in total. The van der Waals surface area contributed by atoms with Crippen LogP contribution in [0.5, 0.6) is 0 Å². The van der Waals surface area contributed by atoms with Crippen molar-refractivity contribution in [2.45, 2.75) is 26.3 Å². The van der Waals surface area contributed by atoms with Gasteiger partial charge in [0.2, 0.25) is 5.89 Å². The first-order valence-electron chi connectivity index (χ1n) is 6.49. The number of aromatic nitrogens is 1. The van der Waals surface area contributed by atoms with Gasteiger partial charge in [0, 0.05) is 6.54 Å². The molecule has 0 amide bonds. The Morgan fingerprint density at radius 3 is 2.60 bits per heavy atom. The van der Waals surface area contributed by atoms with Gasteiger partial charge in [0.1, 0.15) is 5.76 Å². The third kappa shape index (κ3) is 3.45. The number of aliphatic carboxylic acids is 1. The lowest BCUT2D eigenvalue weighted by Gasteiger charge is -2.12. The zero-order chi connectivity index (χ0) is 14.5. The molecular formula is C15H18N2O3. The van der Waals surface area contributed by atoms with Gasteiger partial charge in [-0.05, 0) is 19.4 Å². The number of carbonyl (C=O) groups is 1. The number of hydrogen-bond donors (Lipinski definition) is 2. The standard InChI is InChI=1S/C15H18N2O3/c1-10-11(2)20-14(17-10)9-16-8-13(15(18)19)12-6-4-3-5-7-12/h3-7,13,16H,8-9H2,1-2H3,(H,18,19). The van der Waals surface area contributed by atoms with Crippen LogP contribution in [-0.4, -0.2) is 22.6 Å². The van der Waals surface area contributed by atoms with Crippen molar-refractivity contribution in [3.05, 3.63) is 53.2 Å². The Morgan fingerprint density at radius 1 is 1.35 bits per heavy atom. The molecule has 0 aliphatic heterocycles. The maximum atomic E-state index is 11.3. The van der Waals surface area contributed by atoms with E-state index in [2.05, 4.69) is 10.3 Å². The van der Waals surface area contributed by atoms with Gasteiger partial charge in [-0.25, -0.2) is 4.98 Å². The number of nitrogens with one attached hydrogen (secondary N) is 1. The van der Waals surface area contributed by atoms with Gasteiger partial charge in [0.05, 0.1) is 18.2 Å². The Balaban J connectivity index is 1.95. The van der Waals surface area contributed by atoms with Crippen LogP contribution in [0.4, 0.5) is 0 Å². The van der Waals surface area contributed by atoms with E-state index in [9.17, 15) is 9.90 Å². The molecule has 2 aromatic rings. The number of rotatable bonds is 6. The van der Waals surface area contributed by atoms with Gasteiger partial charge >= 0.3 is 5.97 Å². The highest BCUT2D eigenvalue weighted by molar-refractivity contribution is 5.76. The van der Waals surface area contributed by atoms with E-state index in [1.807, 2.05) is 44.2 Å². The number of aryl methyl sites for hydroxylation is 2. The highest BCUT2D eigenvalue weighted by Gasteiger charge is 2.19. The molecule has 0 aliphatic rings. The summed E-state index contributed by atoms with van der Waals surface area (Å²) in [5, 5.41) is 12.4. The van der Waals surface area contributed by atoms with Crippen molar-refractivity contribution in [1.29, 1.82) is 0 Å². The molecule has 0 fully saturated rings. The molecule has 1 unspecified atom stereocenters. The smallest absolute Gasteiger partial charge is 0.312 e. The van der Waals surface area contributed by atoms with Gasteiger partial charge in [-0.15, -0.1) is 0 Å². The average molecular weight is 274 g/mol. The van der Waals surface area contributed by atoms with Crippen molar-refractivity contribution < 1.29 is 14.3 Å². The number of hydrogen-bond acceptors (Lipinski definition) is 4. The summed E-state index contributed by atoms with van der Waals surface area (Å²) in [5.41, 5.74) is 1.65. The van der Waals surface area contributed by atoms with Crippen LogP contribution in [0.3, 0.4) is 0 Å². The van der Waals surface area contributed by atoms with E-state index < -0.39 is 11.9 Å². The monoisotopic (exact) mass is 274 g/mol. The minimum atomic E-state index is -0.844. The zero-order valence-electron chi connectivity index (χ0n) is 11.6. The molecule has 0 radical (unpaired) electrons.